The summed E-state index contributed by atoms with van der Waals surface area (Å²) in [5, 5.41) is 4.48. The van der Waals surface area contributed by atoms with Crippen molar-refractivity contribution in [2.45, 2.75) is 44.1 Å². The van der Waals surface area contributed by atoms with Crippen LogP contribution in [0.4, 0.5) is 0 Å². The number of benzene rings is 2. The first-order chi connectivity index (χ1) is 15.1. The lowest BCUT2D eigenvalue weighted by Crippen LogP contribution is -2.56. The van der Waals surface area contributed by atoms with Gasteiger partial charge in [0.15, 0.2) is 0 Å². The first-order valence-electron chi connectivity index (χ1n) is 11.3. The molecule has 2 aromatic carbocycles. The Morgan fingerprint density at radius 1 is 1.00 bits per heavy atom. The largest absolute Gasteiger partial charge is 0.361 e. The zero-order valence-electron chi connectivity index (χ0n) is 17.8. The lowest BCUT2D eigenvalue weighted by molar-refractivity contribution is -0.132. The maximum Gasteiger partial charge on any atom is 0.251 e. The Morgan fingerprint density at radius 2 is 1.71 bits per heavy atom. The van der Waals surface area contributed by atoms with E-state index in [9.17, 15) is 9.59 Å². The van der Waals surface area contributed by atoms with Crippen molar-refractivity contribution in [2.24, 2.45) is 5.92 Å². The van der Waals surface area contributed by atoms with Crippen molar-refractivity contribution in [3.8, 4) is 0 Å². The molecule has 5 nitrogen and oxygen atoms in total. The molecule has 2 N–H and O–H groups in total. The van der Waals surface area contributed by atoms with E-state index in [2.05, 4.69) is 16.4 Å². The molecule has 0 spiro atoms. The average molecular weight is 416 g/mol. The average Bonchev–Trinajstić information content (AvgIpc) is 3.52. The number of nitrogens with one attached hydrogen (secondary N) is 2. The van der Waals surface area contributed by atoms with Crippen molar-refractivity contribution in [1.82, 2.24) is 15.2 Å². The molecule has 160 valence electrons. The predicted molar refractivity (Wildman–Crippen MR) is 122 cm³/mol. The molecule has 0 bridgehead atoms. The van der Waals surface area contributed by atoms with Gasteiger partial charge in [0, 0.05) is 41.3 Å². The van der Waals surface area contributed by atoms with E-state index in [1.807, 2.05) is 59.6 Å². The van der Waals surface area contributed by atoms with Crippen LogP contribution in [-0.4, -0.2) is 40.3 Å². The van der Waals surface area contributed by atoms with Crippen molar-refractivity contribution in [3.63, 3.8) is 0 Å². The molecule has 0 atom stereocenters. The molecule has 31 heavy (non-hydrogen) atoms. The molecule has 0 radical (unpaired) electrons. The summed E-state index contributed by atoms with van der Waals surface area (Å²) in [6.45, 7) is 1.39. The summed E-state index contributed by atoms with van der Waals surface area (Å²) in [6, 6.07) is 17.5. The van der Waals surface area contributed by atoms with Crippen LogP contribution >= 0.6 is 0 Å². The van der Waals surface area contributed by atoms with Crippen LogP contribution in [0.1, 0.15) is 48.0 Å². The Bertz CT molecular complexity index is 1080. The van der Waals surface area contributed by atoms with Crippen molar-refractivity contribution < 1.29 is 9.59 Å². The van der Waals surface area contributed by atoms with Crippen LogP contribution in [0.5, 0.6) is 0 Å². The number of hydrogen-bond acceptors (Lipinski definition) is 2. The number of piperidine rings is 1. The van der Waals surface area contributed by atoms with E-state index in [0.717, 1.165) is 35.7 Å². The smallest absolute Gasteiger partial charge is 0.251 e. The molecule has 5 rings (SSSR count). The monoisotopic (exact) mass is 415 g/mol. The zero-order chi connectivity index (χ0) is 21.3. The molecule has 1 aliphatic carbocycles. The molecule has 1 saturated carbocycles. The van der Waals surface area contributed by atoms with Gasteiger partial charge in [0.25, 0.3) is 5.91 Å². The highest BCUT2D eigenvalue weighted by Gasteiger charge is 2.41. The molecule has 1 saturated heterocycles. The first-order valence-corrected chi connectivity index (χ1v) is 11.3. The molecule has 2 fully saturated rings. The number of H-pyrrole nitrogens is 1. The molecular formula is C26H29N3O2. The number of amides is 2. The van der Waals surface area contributed by atoms with Gasteiger partial charge in [-0.05, 0) is 48.9 Å². The minimum atomic E-state index is -0.203. The summed E-state index contributed by atoms with van der Waals surface area (Å²) in [5.74, 6) is 0.878. The summed E-state index contributed by atoms with van der Waals surface area (Å²) in [7, 11) is 0. The first kappa shape index (κ1) is 19.9. The lowest BCUT2D eigenvalue weighted by atomic mass is 9.82. The van der Waals surface area contributed by atoms with Crippen molar-refractivity contribution in [1.29, 1.82) is 0 Å². The molecule has 2 aliphatic rings. The summed E-state index contributed by atoms with van der Waals surface area (Å²) in [5.41, 5.74) is 2.62. The molecular weight excluding hydrogens is 386 g/mol. The Balaban J connectivity index is 1.25. The fourth-order valence-corrected chi connectivity index (χ4v) is 4.89. The number of likely N-dealkylation sites (tertiary alicyclic amines) is 1. The quantitative estimate of drug-likeness (QED) is 0.630. The Kier molecular flexibility index (Phi) is 5.26. The van der Waals surface area contributed by atoms with Gasteiger partial charge in [0.2, 0.25) is 5.91 Å². The van der Waals surface area contributed by atoms with Crippen molar-refractivity contribution in [3.05, 3.63) is 71.9 Å². The van der Waals surface area contributed by atoms with Crippen LogP contribution < -0.4 is 5.32 Å². The summed E-state index contributed by atoms with van der Waals surface area (Å²) in [6.07, 6.45) is 7.54. The number of fused-ring (bicyclic) bond motifs is 1. The van der Waals surface area contributed by atoms with Crippen molar-refractivity contribution >= 4 is 22.7 Å². The standard InChI is InChI=1S/C26H29N3O2/c30-24(16-21-18-27-23-9-5-4-8-22(21)23)29-14-12-26(13-15-29,17-19-10-11-19)28-25(31)20-6-2-1-3-7-20/h1-9,18-19,27H,10-17H2,(H,28,31). The summed E-state index contributed by atoms with van der Waals surface area (Å²) in [4.78, 5) is 31.1. The minimum Gasteiger partial charge on any atom is -0.361 e. The second kappa shape index (κ2) is 8.22. The lowest BCUT2D eigenvalue weighted by Gasteiger charge is -2.43. The predicted octanol–water partition coefficient (Wildman–Crippen LogP) is 4.30. The molecule has 5 heteroatoms. The van der Waals surface area contributed by atoms with Gasteiger partial charge < -0.3 is 15.2 Å². The van der Waals surface area contributed by atoms with Gasteiger partial charge in [-0.25, -0.2) is 0 Å². The van der Waals surface area contributed by atoms with Crippen LogP contribution in [0, 0.1) is 5.92 Å². The second-order valence-electron chi connectivity index (χ2n) is 9.17. The number of rotatable bonds is 6. The number of aromatic nitrogens is 1. The fraction of sp³-hybridized carbons (Fsp3) is 0.385. The summed E-state index contributed by atoms with van der Waals surface area (Å²) < 4.78 is 0. The van der Waals surface area contributed by atoms with E-state index >= 15 is 0 Å². The normalized spacial score (nSPS) is 18.1. The molecule has 0 unspecified atom stereocenters. The molecule has 2 amide bonds. The van der Waals surface area contributed by atoms with Crippen LogP contribution in [0.25, 0.3) is 10.9 Å². The Labute approximate surface area is 182 Å². The second-order valence-corrected chi connectivity index (χ2v) is 9.17. The molecule has 3 aromatic rings. The number of nitrogens with zero attached hydrogens (tertiary/aromatic N) is 1. The van der Waals surface area contributed by atoms with Gasteiger partial charge in [0.1, 0.15) is 0 Å². The highest BCUT2D eigenvalue weighted by atomic mass is 16.2. The highest BCUT2D eigenvalue weighted by molar-refractivity contribution is 5.94. The van der Waals surface area contributed by atoms with Crippen LogP contribution in [-0.2, 0) is 11.2 Å². The number of aromatic amines is 1. The third-order valence-corrected chi connectivity index (χ3v) is 6.88. The molecule has 1 aromatic heterocycles. The number of carbonyl (C=O) groups excluding carboxylic acids is 2. The van der Waals surface area contributed by atoms with Gasteiger partial charge >= 0.3 is 0 Å². The molecule has 2 heterocycles. The van der Waals surface area contributed by atoms with E-state index in [1.54, 1.807) is 0 Å². The highest BCUT2D eigenvalue weighted by Crippen LogP contribution is 2.41. The molecule has 1 aliphatic heterocycles. The SMILES string of the molecule is O=C(NC1(CC2CC2)CCN(C(=O)Cc2c[nH]c3ccccc23)CC1)c1ccccc1. The van der Waals surface area contributed by atoms with Crippen LogP contribution in [0.2, 0.25) is 0 Å². The van der Waals surface area contributed by atoms with Gasteiger partial charge in [-0.3, -0.25) is 9.59 Å². The van der Waals surface area contributed by atoms with Crippen LogP contribution in [0.3, 0.4) is 0 Å². The Morgan fingerprint density at radius 3 is 2.45 bits per heavy atom. The topological polar surface area (TPSA) is 65.2 Å². The third-order valence-electron chi connectivity index (χ3n) is 6.88. The number of hydrogen-bond donors (Lipinski definition) is 2. The van der Waals surface area contributed by atoms with Crippen LogP contribution in [0.15, 0.2) is 60.8 Å². The van der Waals surface area contributed by atoms with Gasteiger partial charge in [0.05, 0.1) is 6.42 Å². The van der Waals surface area contributed by atoms with E-state index in [0.29, 0.717) is 31.0 Å². The zero-order valence-corrected chi connectivity index (χ0v) is 17.8. The fourth-order valence-electron chi connectivity index (χ4n) is 4.89. The van der Waals surface area contributed by atoms with Gasteiger partial charge in [-0.1, -0.05) is 49.2 Å². The maximum atomic E-state index is 13.0. The van der Waals surface area contributed by atoms with Crippen molar-refractivity contribution in [2.75, 3.05) is 13.1 Å². The number of carbonyl (C=O) groups is 2. The van der Waals surface area contributed by atoms with E-state index in [1.165, 1.54) is 12.8 Å². The van der Waals surface area contributed by atoms with Gasteiger partial charge in [-0.15, -0.1) is 0 Å². The van der Waals surface area contributed by atoms with E-state index in [-0.39, 0.29) is 17.4 Å². The minimum absolute atomic E-state index is 0.000168. The van der Waals surface area contributed by atoms with E-state index in [4.69, 9.17) is 0 Å². The third kappa shape index (κ3) is 4.36. The Hall–Kier alpha value is -3.08. The number of para-hydroxylation sites is 1. The summed E-state index contributed by atoms with van der Waals surface area (Å²) >= 11 is 0. The van der Waals surface area contributed by atoms with Gasteiger partial charge in [-0.2, -0.15) is 0 Å². The maximum absolute atomic E-state index is 13.0. The van der Waals surface area contributed by atoms with E-state index < -0.39 is 0 Å².